The minimum absolute atomic E-state index is 0.0317. The quantitative estimate of drug-likeness (QED) is 0.481. The predicted molar refractivity (Wildman–Crippen MR) is 66.7 cm³/mol. The molecule has 0 bridgehead atoms. The van der Waals surface area contributed by atoms with E-state index >= 15 is 0 Å². The lowest BCUT2D eigenvalue weighted by Gasteiger charge is -2.19. The van der Waals surface area contributed by atoms with Crippen LogP contribution < -0.4 is 5.32 Å². The molecule has 5 nitrogen and oxygen atoms in total. The Morgan fingerprint density at radius 1 is 1.18 bits per heavy atom. The first-order chi connectivity index (χ1) is 8.13. The maximum atomic E-state index is 11.6. The average Bonchev–Trinajstić information content (AvgIpc) is 2.29. The number of methoxy groups -OCH3 is 1. The number of hydrogen-bond donors (Lipinski definition) is 1. The van der Waals surface area contributed by atoms with Crippen molar-refractivity contribution in [2.45, 2.75) is 33.1 Å². The third kappa shape index (κ3) is 8.68. The molecule has 0 aliphatic carbocycles. The van der Waals surface area contributed by atoms with Gasteiger partial charge in [0.15, 0.2) is 0 Å². The summed E-state index contributed by atoms with van der Waals surface area (Å²) in [5.41, 5.74) is 0. The van der Waals surface area contributed by atoms with Crippen molar-refractivity contribution in [1.29, 1.82) is 0 Å². The van der Waals surface area contributed by atoms with Gasteiger partial charge >= 0.3 is 5.97 Å². The highest BCUT2D eigenvalue weighted by Crippen LogP contribution is 1.93. The SMILES string of the molecule is CCCCNC(=O)CN(CCC)CC(=O)OC. The molecule has 1 N–H and O–H groups in total. The molecule has 100 valence electrons. The van der Waals surface area contributed by atoms with Crippen LogP contribution in [0.25, 0.3) is 0 Å². The van der Waals surface area contributed by atoms with E-state index in [0.29, 0.717) is 6.54 Å². The number of amides is 1. The molecule has 5 heteroatoms. The molecule has 0 aliphatic heterocycles. The molecule has 0 unspecified atom stereocenters. The van der Waals surface area contributed by atoms with Gasteiger partial charge in [-0.05, 0) is 19.4 Å². The van der Waals surface area contributed by atoms with Crippen LogP contribution in [0.2, 0.25) is 0 Å². The largest absolute Gasteiger partial charge is 0.468 e. The van der Waals surface area contributed by atoms with E-state index in [2.05, 4.69) is 17.0 Å². The highest BCUT2D eigenvalue weighted by Gasteiger charge is 2.13. The van der Waals surface area contributed by atoms with Gasteiger partial charge < -0.3 is 10.1 Å². The van der Waals surface area contributed by atoms with Gasteiger partial charge in [0.1, 0.15) is 0 Å². The number of nitrogens with zero attached hydrogens (tertiary/aromatic N) is 1. The van der Waals surface area contributed by atoms with Crippen molar-refractivity contribution in [3.8, 4) is 0 Å². The van der Waals surface area contributed by atoms with Gasteiger partial charge in [0.05, 0.1) is 20.2 Å². The number of carbonyl (C=O) groups excluding carboxylic acids is 2. The maximum absolute atomic E-state index is 11.6. The highest BCUT2D eigenvalue weighted by molar-refractivity contribution is 5.79. The van der Waals surface area contributed by atoms with Crippen molar-refractivity contribution in [1.82, 2.24) is 10.2 Å². The van der Waals surface area contributed by atoms with Crippen LogP contribution >= 0.6 is 0 Å². The molecule has 0 aliphatic rings. The van der Waals surface area contributed by atoms with Crippen molar-refractivity contribution < 1.29 is 14.3 Å². The average molecular weight is 244 g/mol. The molecule has 0 radical (unpaired) electrons. The summed E-state index contributed by atoms with van der Waals surface area (Å²) in [6.45, 7) is 5.94. The Labute approximate surface area is 103 Å². The zero-order chi connectivity index (χ0) is 13.1. The van der Waals surface area contributed by atoms with E-state index < -0.39 is 0 Å². The summed E-state index contributed by atoms with van der Waals surface area (Å²) < 4.78 is 4.59. The molecule has 0 fully saturated rings. The van der Waals surface area contributed by atoms with Crippen LogP contribution in [0.4, 0.5) is 0 Å². The van der Waals surface area contributed by atoms with Gasteiger partial charge in [-0.15, -0.1) is 0 Å². The number of hydrogen-bond acceptors (Lipinski definition) is 4. The highest BCUT2D eigenvalue weighted by atomic mass is 16.5. The normalized spacial score (nSPS) is 10.4. The van der Waals surface area contributed by atoms with Crippen molar-refractivity contribution in [2.75, 3.05) is 33.3 Å². The Hall–Kier alpha value is -1.10. The summed E-state index contributed by atoms with van der Waals surface area (Å²) in [5.74, 6) is -0.337. The van der Waals surface area contributed by atoms with Crippen molar-refractivity contribution in [3.63, 3.8) is 0 Å². The van der Waals surface area contributed by atoms with E-state index in [1.807, 2.05) is 6.92 Å². The number of nitrogens with one attached hydrogen (secondary N) is 1. The first-order valence-electron chi connectivity index (χ1n) is 6.19. The Morgan fingerprint density at radius 3 is 2.41 bits per heavy atom. The second-order valence-corrected chi connectivity index (χ2v) is 3.99. The van der Waals surface area contributed by atoms with Gasteiger partial charge in [-0.3, -0.25) is 14.5 Å². The van der Waals surface area contributed by atoms with Gasteiger partial charge in [-0.2, -0.15) is 0 Å². The fraction of sp³-hybridized carbons (Fsp3) is 0.833. The maximum Gasteiger partial charge on any atom is 0.319 e. The lowest BCUT2D eigenvalue weighted by atomic mass is 10.3. The second kappa shape index (κ2) is 10.1. The van der Waals surface area contributed by atoms with Gasteiger partial charge in [0.25, 0.3) is 0 Å². The van der Waals surface area contributed by atoms with Crippen LogP contribution in [0.3, 0.4) is 0 Å². The summed E-state index contributed by atoms with van der Waals surface area (Å²) in [5, 5.41) is 2.83. The summed E-state index contributed by atoms with van der Waals surface area (Å²) in [7, 11) is 1.35. The molecule has 17 heavy (non-hydrogen) atoms. The first kappa shape index (κ1) is 15.9. The molecule has 1 amide bonds. The monoisotopic (exact) mass is 244 g/mol. The Morgan fingerprint density at radius 2 is 1.88 bits per heavy atom. The lowest BCUT2D eigenvalue weighted by Crippen LogP contribution is -2.40. The zero-order valence-electron chi connectivity index (χ0n) is 11.1. The Bertz CT molecular complexity index is 232. The van der Waals surface area contributed by atoms with E-state index in [4.69, 9.17) is 0 Å². The fourth-order valence-electron chi connectivity index (χ4n) is 1.44. The molecule has 0 aromatic carbocycles. The van der Waals surface area contributed by atoms with Crippen molar-refractivity contribution >= 4 is 11.9 Å². The van der Waals surface area contributed by atoms with Crippen LogP contribution in [-0.2, 0) is 14.3 Å². The molecular weight excluding hydrogens is 220 g/mol. The summed E-state index contributed by atoms with van der Waals surface area (Å²) in [6, 6.07) is 0. The fourth-order valence-corrected chi connectivity index (χ4v) is 1.44. The number of unbranched alkanes of at least 4 members (excludes halogenated alkanes) is 1. The Kier molecular flexibility index (Phi) is 9.43. The van der Waals surface area contributed by atoms with Gasteiger partial charge in [0, 0.05) is 6.54 Å². The van der Waals surface area contributed by atoms with Crippen molar-refractivity contribution in [2.24, 2.45) is 0 Å². The summed E-state index contributed by atoms with van der Waals surface area (Å²) >= 11 is 0. The molecule has 0 saturated heterocycles. The van der Waals surface area contributed by atoms with Gasteiger partial charge in [0.2, 0.25) is 5.91 Å². The lowest BCUT2D eigenvalue weighted by molar-refractivity contribution is -0.142. The predicted octanol–water partition coefficient (Wildman–Crippen LogP) is 0.788. The van der Waals surface area contributed by atoms with Crippen molar-refractivity contribution in [3.05, 3.63) is 0 Å². The van der Waals surface area contributed by atoms with Gasteiger partial charge in [-0.25, -0.2) is 0 Å². The smallest absolute Gasteiger partial charge is 0.319 e. The van der Waals surface area contributed by atoms with E-state index in [1.54, 1.807) is 4.90 Å². The molecule has 0 aromatic rings. The van der Waals surface area contributed by atoms with E-state index in [9.17, 15) is 9.59 Å². The molecule has 0 rings (SSSR count). The summed E-state index contributed by atoms with van der Waals surface area (Å²) in [6.07, 6.45) is 2.94. The van der Waals surface area contributed by atoms with Crippen LogP contribution in [0, 0.1) is 0 Å². The molecule has 0 heterocycles. The minimum atomic E-state index is -0.306. The number of ether oxygens (including phenoxy) is 1. The zero-order valence-corrected chi connectivity index (χ0v) is 11.1. The summed E-state index contributed by atoms with van der Waals surface area (Å²) in [4.78, 5) is 24.5. The molecule has 0 saturated carbocycles. The van der Waals surface area contributed by atoms with E-state index in [1.165, 1.54) is 7.11 Å². The number of esters is 1. The second-order valence-electron chi connectivity index (χ2n) is 3.99. The van der Waals surface area contributed by atoms with Crippen LogP contribution in [0.1, 0.15) is 33.1 Å². The number of rotatable bonds is 9. The van der Waals surface area contributed by atoms with E-state index in [-0.39, 0.29) is 25.0 Å². The van der Waals surface area contributed by atoms with Gasteiger partial charge in [-0.1, -0.05) is 20.3 Å². The van der Waals surface area contributed by atoms with E-state index in [0.717, 1.165) is 25.8 Å². The molecule has 0 aromatic heterocycles. The third-order valence-corrected chi connectivity index (χ3v) is 2.34. The van der Waals surface area contributed by atoms with Crippen LogP contribution in [-0.4, -0.2) is 50.1 Å². The topological polar surface area (TPSA) is 58.6 Å². The van der Waals surface area contributed by atoms with Crippen LogP contribution in [0.5, 0.6) is 0 Å². The standard InChI is InChI=1S/C12H24N2O3/c1-4-6-7-13-11(15)9-14(8-5-2)10-12(16)17-3/h4-10H2,1-3H3,(H,13,15). The number of carbonyl (C=O) groups is 2. The minimum Gasteiger partial charge on any atom is -0.468 e. The Balaban J connectivity index is 3.96. The molecule has 0 atom stereocenters. The molecular formula is C12H24N2O3. The molecule has 0 spiro atoms. The first-order valence-corrected chi connectivity index (χ1v) is 6.19. The van der Waals surface area contributed by atoms with Crippen LogP contribution in [0.15, 0.2) is 0 Å². The third-order valence-electron chi connectivity index (χ3n) is 2.34.